The molecule has 122 valence electrons. The van der Waals surface area contributed by atoms with Gasteiger partial charge in [0, 0.05) is 19.6 Å². The molecule has 0 radical (unpaired) electrons. The fourth-order valence-electron chi connectivity index (χ4n) is 3.19. The van der Waals surface area contributed by atoms with Gasteiger partial charge >= 0.3 is 6.03 Å². The van der Waals surface area contributed by atoms with E-state index in [1.165, 1.54) is 0 Å². The second-order valence-corrected chi connectivity index (χ2v) is 6.14. The molecule has 3 heterocycles. The minimum Gasteiger partial charge on any atom is -0.378 e. The molecule has 2 atom stereocenters. The minimum atomic E-state index is -0.355. The van der Waals surface area contributed by atoms with Crippen LogP contribution >= 0.6 is 0 Å². The summed E-state index contributed by atoms with van der Waals surface area (Å²) in [6.45, 7) is 8.13. The quantitative estimate of drug-likeness (QED) is 0.903. The number of carbonyl (C=O) groups is 1. The van der Waals surface area contributed by atoms with Crippen molar-refractivity contribution in [3.63, 3.8) is 0 Å². The van der Waals surface area contributed by atoms with Crippen molar-refractivity contribution in [2.45, 2.75) is 45.3 Å². The van der Waals surface area contributed by atoms with Crippen LogP contribution in [0.1, 0.15) is 31.7 Å². The first kappa shape index (κ1) is 15.3. The zero-order chi connectivity index (χ0) is 15.7. The number of carbonyl (C=O) groups excluding carboxylic acids is 1. The number of amides is 2. The van der Waals surface area contributed by atoms with Crippen LogP contribution in [-0.4, -0.2) is 54.1 Å². The Labute approximate surface area is 129 Å². The Morgan fingerprint density at radius 3 is 3.05 bits per heavy atom. The van der Waals surface area contributed by atoms with Crippen molar-refractivity contribution in [1.82, 2.24) is 10.1 Å². The van der Waals surface area contributed by atoms with Gasteiger partial charge < -0.3 is 24.2 Å². The molecule has 1 spiro atoms. The second-order valence-electron chi connectivity index (χ2n) is 6.14. The molecule has 0 bridgehead atoms. The van der Waals surface area contributed by atoms with E-state index in [1.54, 1.807) is 11.8 Å². The molecule has 2 aliphatic heterocycles. The molecule has 7 nitrogen and oxygen atoms in total. The number of hydrogen-bond acceptors (Lipinski definition) is 5. The molecule has 2 aliphatic rings. The van der Waals surface area contributed by atoms with E-state index in [9.17, 15) is 4.79 Å². The molecule has 2 amide bonds. The van der Waals surface area contributed by atoms with Crippen molar-refractivity contribution in [2.24, 2.45) is 0 Å². The van der Waals surface area contributed by atoms with Crippen LogP contribution in [0, 0.1) is 6.92 Å². The summed E-state index contributed by atoms with van der Waals surface area (Å²) in [5.74, 6) is 0.630. The second kappa shape index (κ2) is 5.89. The first-order chi connectivity index (χ1) is 10.5. The molecule has 2 unspecified atom stereocenters. The summed E-state index contributed by atoms with van der Waals surface area (Å²) in [4.78, 5) is 14.4. The lowest BCUT2D eigenvalue weighted by Gasteiger charge is -2.42. The molecule has 3 rings (SSSR count). The summed E-state index contributed by atoms with van der Waals surface area (Å²) in [7, 11) is 0. The first-order valence-electron chi connectivity index (χ1n) is 7.79. The van der Waals surface area contributed by atoms with Crippen molar-refractivity contribution in [3.05, 3.63) is 11.5 Å². The van der Waals surface area contributed by atoms with E-state index in [-0.39, 0.29) is 17.7 Å². The van der Waals surface area contributed by atoms with E-state index in [0.717, 1.165) is 12.1 Å². The van der Waals surface area contributed by atoms with Crippen molar-refractivity contribution in [2.75, 3.05) is 31.6 Å². The number of anilines is 1. The zero-order valence-corrected chi connectivity index (χ0v) is 13.3. The number of aromatic nitrogens is 1. The summed E-state index contributed by atoms with van der Waals surface area (Å²) in [5, 5.41) is 6.91. The van der Waals surface area contributed by atoms with Gasteiger partial charge in [0.25, 0.3) is 0 Å². The van der Waals surface area contributed by atoms with Gasteiger partial charge in [-0.3, -0.25) is 0 Å². The Kier molecular flexibility index (Phi) is 4.10. The Balaban J connectivity index is 1.72. The average Bonchev–Trinajstić information content (AvgIpc) is 3.06. The van der Waals surface area contributed by atoms with Gasteiger partial charge in [0.05, 0.1) is 19.3 Å². The van der Waals surface area contributed by atoms with Crippen LogP contribution in [0.15, 0.2) is 4.52 Å². The SMILES string of the molecule is CCc1noc(C)c1NC(=O)N1CC(C)OC2(CCOC2)C1. The van der Waals surface area contributed by atoms with Gasteiger partial charge in [0.2, 0.25) is 0 Å². The molecule has 1 aromatic rings. The molecular formula is C15H23N3O4. The number of rotatable bonds is 2. The molecule has 2 fully saturated rings. The van der Waals surface area contributed by atoms with Crippen LogP contribution in [0.2, 0.25) is 0 Å². The fourth-order valence-corrected chi connectivity index (χ4v) is 3.19. The Morgan fingerprint density at radius 2 is 2.36 bits per heavy atom. The molecule has 22 heavy (non-hydrogen) atoms. The predicted octanol–water partition coefficient (Wildman–Crippen LogP) is 1.96. The third-order valence-corrected chi connectivity index (χ3v) is 4.26. The third kappa shape index (κ3) is 2.83. The van der Waals surface area contributed by atoms with Crippen LogP contribution in [-0.2, 0) is 15.9 Å². The maximum Gasteiger partial charge on any atom is 0.322 e. The Morgan fingerprint density at radius 1 is 1.55 bits per heavy atom. The van der Waals surface area contributed by atoms with Gasteiger partial charge in [-0.25, -0.2) is 4.79 Å². The van der Waals surface area contributed by atoms with E-state index in [0.29, 0.717) is 44.2 Å². The van der Waals surface area contributed by atoms with Crippen molar-refractivity contribution >= 4 is 11.7 Å². The molecule has 1 N–H and O–H groups in total. The van der Waals surface area contributed by atoms with E-state index in [2.05, 4.69) is 10.5 Å². The summed E-state index contributed by atoms with van der Waals surface area (Å²) >= 11 is 0. The highest BCUT2D eigenvalue weighted by Gasteiger charge is 2.44. The summed E-state index contributed by atoms with van der Waals surface area (Å²) in [6.07, 6.45) is 1.54. The summed E-state index contributed by atoms with van der Waals surface area (Å²) in [5.41, 5.74) is 1.10. The smallest absolute Gasteiger partial charge is 0.322 e. The highest BCUT2D eigenvalue weighted by Crippen LogP contribution is 2.30. The standard InChI is InChI=1S/C15H23N3O4/c1-4-12-13(11(3)22-17-12)16-14(19)18-7-10(2)21-15(8-18)5-6-20-9-15/h10H,4-9H2,1-3H3,(H,16,19). The monoisotopic (exact) mass is 309 g/mol. The lowest BCUT2D eigenvalue weighted by Crippen LogP contribution is -2.57. The Hall–Kier alpha value is -1.60. The minimum absolute atomic E-state index is 0.00424. The number of morpholine rings is 1. The molecule has 0 aliphatic carbocycles. The van der Waals surface area contributed by atoms with Crippen LogP contribution < -0.4 is 5.32 Å². The van der Waals surface area contributed by atoms with Gasteiger partial charge in [0.15, 0.2) is 5.76 Å². The average molecular weight is 309 g/mol. The number of nitrogens with one attached hydrogen (secondary N) is 1. The number of urea groups is 1. The Bertz CT molecular complexity index is 551. The van der Waals surface area contributed by atoms with Crippen LogP contribution in [0.3, 0.4) is 0 Å². The van der Waals surface area contributed by atoms with Crippen molar-refractivity contribution < 1.29 is 18.8 Å². The highest BCUT2D eigenvalue weighted by atomic mass is 16.6. The van der Waals surface area contributed by atoms with E-state index >= 15 is 0 Å². The highest BCUT2D eigenvalue weighted by molar-refractivity contribution is 5.90. The third-order valence-electron chi connectivity index (χ3n) is 4.26. The molecule has 0 saturated carbocycles. The van der Waals surface area contributed by atoms with E-state index in [4.69, 9.17) is 14.0 Å². The lowest BCUT2D eigenvalue weighted by atomic mass is 9.99. The fraction of sp³-hybridized carbons (Fsp3) is 0.733. The first-order valence-corrected chi connectivity index (χ1v) is 7.79. The molecular weight excluding hydrogens is 286 g/mol. The molecule has 2 saturated heterocycles. The van der Waals surface area contributed by atoms with Gasteiger partial charge in [-0.1, -0.05) is 12.1 Å². The number of aryl methyl sites for hydroxylation is 2. The topological polar surface area (TPSA) is 76.8 Å². The molecule has 7 heteroatoms. The van der Waals surface area contributed by atoms with Crippen molar-refractivity contribution in [3.8, 4) is 0 Å². The van der Waals surface area contributed by atoms with Gasteiger partial charge in [-0.05, 0) is 20.3 Å². The van der Waals surface area contributed by atoms with Gasteiger partial charge in [0.1, 0.15) is 17.0 Å². The summed E-state index contributed by atoms with van der Waals surface area (Å²) < 4.78 is 16.7. The number of hydrogen-bond donors (Lipinski definition) is 1. The zero-order valence-electron chi connectivity index (χ0n) is 13.3. The number of nitrogens with zero attached hydrogens (tertiary/aromatic N) is 2. The van der Waals surface area contributed by atoms with Crippen molar-refractivity contribution in [1.29, 1.82) is 0 Å². The lowest BCUT2D eigenvalue weighted by molar-refractivity contribution is -0.136. The summed E-state index contributed by atoms with van der Waals surface area (Å²) in [6, 6.07) is -0.137. The number of ether oxygens (including phenoxy) is 2. The normalized spacial score (nSPS) is 28.3. The predicted molar refractivity (Wildman–Crippen MR) is 79.9 cm³/mol. The molecule has 0 aromatic carbocycles. The maximum absolute atomic E-state index is 12.6. The van der Waals surface area contributed by atoms with E-state index in [1.807, 2.05) is 13.8 Å². The largest absolute Gasteiger partial charge is 0.378 e. The van der Waals surface area contributed by atoms with Gasteiger partial charge in [-0.15, -0.1) is 0 Å². The maximum atomic E-state index is 12.6. The van der Waals surface area contributed by atoms with Gasteiger partial charge in [-0.2, -0.15) is 0 Å². The van der Waals surface area contributed by atoms with Crippen LogP contribution in [0.25, 0.3) is 0 Å². The van der Waals surface area contributed by atoms with Crippen LogP contribution in [0.5, 0.6) is 0 Å². The molecule has 1 aromatic heterocycles. The van der Waals surface area contributed by atoms with Crippen LogP contribution in [0.4, 0.5) is 10.5 Å². The van der Waals surface area contributed by atoms with E-state index < -0.39 is 0 Å².